The Balaban J connectivity index is 1.41. The second-order valence-electron chi connectivity index (χ2n) is 9.87. The molecule has 0 saturated carbocycles. The first kappa shape index (κ1) is 22.7. The van der Waals surface area contributed by atoms with Gasteiger partial charge in [-0.25, -0.2) is 4.79 Å². The van der Waals surface area contributed by atoms with Crippen molar-refractivity contribution < 1.29 is 9.59 Å². The molecule has 2 aliphatic rings. The van der Waals surface area contributed by atoms with E-state index >= 15 is 0 Å². The number of carbonyl (C=O) groups excluding carboxylic acids is 2. The lowest BCUT2D eigenvalue weighted by Gasteiger charge is -2.44. The van der Waals surface area contributed by atoms with Crippen LogP contribution in [0.3, 0.4) is 0 Å². The van der Waals surface area contributed by atoms with Gasteiger partial charge in [-0.2, -0.15) is 0 Å². The smallest absolute Gasteiger partial charge is 0.321 e. The maximum atomic E-state index is 13.4. The standard InChI is InChI=1S/C26H33N3O2S/c1-19-6-5-7-22(18-19)27-24(31)28-14-12-26(13-15-28)29(16-17-32-26)23(30)20-8-10-21(11-9-20)25(2,3)4/h5-11,18H,12-17H2,1-4H3,(H,27,31). The average Bonchev–Trinajstić information content (AvgIpc) is 3.16. The van der Waals surface area contributed by atoms with E-state index in [9.17, 15) is 9.59 Å². The summed E-state index contributed by atoms with van der Waals surface area (Å²) in [4.78, 5) is 29.9. The Morgan fingerprint density at radius 1 is 1.00 bits per heavy atom. The summed E-state index contributed by atoms with van der Waals surface area (Å²) in [5, 5.41) is 3.01. The van der Waals surface area contributed by atoms with Gasteiger partial charge in [0.15, 0.2) is 0 Å². The summed E-state index contributed by atoms with van der Waals surface area (Å²) in [6.45, 7) is 10.6. The molecule has 0 atom stereocenters. The minimum absolute atomic E-state index is 0.0657. The van der Waals surface area contributed by atoms with E-state index in [1.54, 1.807) is 0 Å². The molecule has 5 nitrogen and oxygen atoms in total. The molecule has 0 radical (unpaired) electrons. The van der Waals surface area contributed by atoms with E-state index in [1.165, 1.54) is 5.56 Å². The van der Waals surface area contributed by atoms with Gasteiger partial charge in [0, 0.05) is 36.6 Å². The van der Waals surface area contributed by atoms with Crippen LogP contribution in [0.15, 0.2) is 48.5 Å². The Morgan fingerprint density at radius 2 is 1.69 bits per heavy atom. The van der Waals surface area contributed by atoms with Gasteiger partial charge in [0.05, 0.1) is 4.87 Å². The third-order valence-corrected chi connectivity index (χ3v) is 8.07. The van der Waals surface area contributed by atoms with Crippen molar-refractivity contribution >= 4 is 29.4 Å². The summed E-state index contributed by atoms with van der Waals surface area (Å²) in [6, 6.07) is 15.8. The predicted octanol–water partition coefficient (Wildman–Crippen LogP) is 5.51. The van der Waals surface area contributed by atoms with Crippen LogP contribution < -0.4 is 5.32 Å². The third-order valence-electron chi connectivity index (χ3n) is 6.52. The molecule has 0 aliphatic carbocycles. The van der Waals surface area contributed by atoms with Gasteiger partial charge >= 0.3 is 6.03 Å². The minimum Gasteiger partial charge on any atom is -0.324 e. The van der Waals surface area contributed by atoms with Crippen LogP contribution in [0.1, 0.15) is 55.1 Å². The molecule has 2 saturated heterocycles. The fraction of sp³-hybridized carbons (Fsp3) is 0.462. The van der Waals surface area contributed by atoms with Gasteiger partial charge in [-0.3, -0.25) is 4.79 Å². The lowest BCUT2D eigenvalue weighted by molar-refractivity contribution is 0.0585. The number of aryl methyl sites for hydroxylation is 1. The highest BCUT2D eigenvalue weighted by Crippen LogP contribution is 2.44. The number of benzene rings is 2. The highest BCUT2D eigenvalue weighted by molar-refractivity contribution is 8.00. The van der Waals surface area contributed by atoms with Crippen LogP contribution in [0.2, 0.25) is 0 Å². The second kappa shape index (κ2) is 8.81. The summed E-state index contributed by atoms with van der Waals surface area (Å²) < 4.78 is 0. The molecule has 2 aromatic carbocycles. The van der Waals surface area contributed by atoms with E-state index in [4.69, 9.17) is 0 Å². The summed E-state index contributed by atoms with van der Waals surface area (Å²) in [6.07, 6.45) is 1.59. The number of nitrogens with one attached hydrogen (secondary N) is 1. The lowest BCUT2D eigenvalue weighted by atomic mass is 9.86. The molecule has 0 bridgehead atoms. The summed E-state index contributed by atoms with van der Waals surface area (Å²) in [5.41, 5.74) is 3.98. The third kappa shape index (κ3) is 4.65. The summed E-state index contributed by atoms with van der Waals surface area (Å²) >= 11 is 1.87. The van der Waals surface area contributed by atoms with E-state index in [1.807, 2.05) is 60.0 Å². The minimum atomic E-state index is -0.208. The largest absolute Gasteiger partial charge is 0.324 e. The molecule has 170 valence electrons. The van der Waals surface area contributed by atoms with Gasteiger partial charge in [0.2, 0.25) is 0 Å². The fourth-order valence-electron chi connectivity index (χ4n) is 4.56. The van der Waals surface area contributed by atoms with Crippen molar-refractivity contribution in [3.8, 4) is 0 Å². The van der Waals surface area contributed by atoms with Crippen molar-refractivity contribution in [3.05, 3.63) is 65.2 Å². The molecule has 0 unspecified atom stereocenters. The Labute approximate surface area is 195 Å². The van der Waals surface area contributed by atoms with Gasteiger partial charge < -0.3 is 15.1 Å². The SMILES string of the molecule is Cc1cccc(NC(=O)N2CCC3(CC2)SCCN3C(=O)c2ccc(C(C)(C)C)cc2)c1. The molecule has 1 spiro atoms. The van der Waals surface area contributed by atoms with Crippen molar-refractivity contribution in [1.82, 2.24) is 9.80 Å². The van der Waals surface area contributed by atoms with Crippen molar-refractivity contribution in [2.75, 3.05) is 30.7 Å². The molecule has 6 heteroatoms. The predicted molar refractivity (Wildman–Crippen MR) is 132 cm³/mol. The zero-order valence-electron chi connectivity index (χ0n) is 19.5. The van der Waals surface area contributed by atoms with E-state index in [0.717, 1.165) is 42.0 Å². The summed E-state index contributed by atoms with van der Waals surface area (Å²) in [7, 11) is 0. The molecule has 4 rings (SSSR count). The number of likely N-dealkylation sites (tertiary alicyclic amines) is 1. The van der Waals surface area contributed by atoms with E-state index in [-0.39, 0.29) is 22.2 Å². The first-order valence-electron chi connectivity index (χ1n) is 11.4. The number of hydrogen-bond donors (Lipinski definition) is 1. The Kier molecular flexibility index (Phi) is 6.26. The molecule has 1 N–H and O–H groups in total. The number of carbonyl (C=O) groups is 2. The van der Waals surface area contributed by atoms with Crippen LogP contribution in [-0.2, 0) is 5.41 Å². The molecule has 3 amide bonds. The summed E-state index contributed by atoms with van der Waals surface area (Å²) in [5.74, 6) is 1.05. The van der Waals surface area contributed by atoms with Crippen molar-refractivity contribution in [1.29, 1.82) is 0 Å². The van der Waals surface area contributed by atoms with Crippen LogP contribution >= 0.6 is 11.8 Å². The number of rotatable bonds is 2. The number of urea groups is 1. The van der Waals surface area contributed by atoms with Crippen LogP contribution in [0.4, 0.5) is 10.5 Å². The lowest BCUT2D eigenvalue weighted by Crippen LogP contribution is -2.54. The zero-order chi connectivity index (χ0) is 22.9. The topological polar surface area (TPSA) is 52.7 Å². The second-order valence-corrected chi connectivity index (χ2v) is 11.3. The zero-order valence-corrected chi connectivity index (χ0v) is 20.3. The number of piperidine rings is 1. The number of nitrogens with zero attached hydrogens (tertiary/aromatic N) is 2. The van der Waals surface area contributed by atoms with E-state index in [2.05, 4.69) is 43.1 Å². The normalized spacial score (nSPS) is 18.1. The maximum Gasteiger partial charge on any atom is 0.321 e. The van der Waals surface area contributed by atoms with Crippen LogP contribution in [-0.4, -0.2) is 52.0 Å². The number of anilines is 1. The highest BCUT2D eigenvalue weighted by Gasteiger charge is 2.47. The fourth-order valence-corrected chi connectivity index (χ4v) is 6.02. The molecule has 2 aliphatic heterocycles. The molecule has 32 heavy (non-hydrogen) atoms. The quantitative estimate of drug-likeness (QED) is 0.655. The molecule has 2 fully saturated rings. The molecular weight excluding hydrogens is 418 g/mol. The Bertz CT molecular complexity index is 989. The van der Waals surface area contributed by atoms with Gasteiger partial charge in [0.25, 0.3) is 5.91 Å². The van der Waals surface area contributed by atoms with Crippen LogP contribution in [0.5, 0.6) is 0 Å². The van der Waals surface area contributed by atoms with Crippen molar-refractivity contribution in [2.24, 2.45) is 0 Å². The van der Waals surface area contributed by atoms with Gasteiger partial charge in [0.1, 0.15) is 0 Å². The Hall–Kier alpha value is -2.47. The highest BCUT2D eigenvalue weighted by atomic mass is 32.2. The number of thioether (sulfide) groups is 1. The van der Waals surface area contributed by atoms with Gasteiger partial charge in [-0.15, -0.1) is 11.8 Å². The van der Waals surface area contributed by atoms with Gasteiger partial charge in [-0.05, 0) is 60.6 Å². The number of hydrogen-bond acceptors (Lipinski definition) is 3. The average molecular weight is 452 g/mol. The first-order chi connectivity index (χ1) is 15.2. The van der Waals surface area contributed by atoms with Gasteiger partial charge in [-0.1, -0.05) is 45.0 Å². The molecular formula is C26H33N3O2S. The number of amides is 3. The first-order valence-corrected chi connectivity index (χ1v) is 12.4. The van der Waals surface area contributed by atoms with Crippen molar-refractivity contribution in [2.45, 2.75) is 50.8 Å². The monoisotopic (exact) mass is 451 g/mol. The molecule has 2 aromatic rings. The maximum absolute atomic E-state index is 13.4. The Morgan fingerprint density at radius 3 is 2.31 bits per heavy atom. The molecule has 0 aromatic heterocycles. The van der Waals surface area contributed by atoms with Crippen molar-refractivity contribution in [3.63, 3.8) is 0 Å². The molecule has 2 heterocycles. The van der Waals surface area contributed by atoms with Crippen LogP contribution in [0, 0.1) is 6.92 Å². The van der Waals surface area contributed by atoms with E-state index in [0.29, 0.717) is 13.1 Å². The van der Waals surface area contributed by atoms with E-state index < -0.39 is 0 Å². The van der Waals surface area contributed by atoms with Crippen LogP contribution in [0.25, 0.3) is 0 Å².